The van der Waals surface area contributed by atoms with E-state index < -0.39 is 5.60 Å². The third kappa shape index (κ3) is 3.95. The summed E-state index contributed by atoms with van der Waals surface area (Å²) in [5.41, 5.74) is -0.571. The number of nitrogens with one attached hydrogen (secondary N) is 1. The van der Waals surface area contributed by atoms with Gasteiger partial charge in [0.25, 0.3) is 0 Å². The molecule has 84 valence electrons. The van der Waals surface area contributed by atoms with E-state index in [4.69, 9.17) is 4.74 Å². The second-order valence-corrected chi connectivity index (χ2v) is 5.68. The van der Waals surface area contributed by atoms with Gasteiger partial charge in [0.2, 0.25) is 0 Å². The molecule has 2 unspecified atom stereocenters. The zero-order chi connectivity index (χ0) is 11.0. The van der Waals surface area contributed by atoms with Gasteiger partial charge < -0.3 is 9.84 Å². The fraction of sp³-hybridized carbons (Fsp3) is 1.00. The van der Waals surface area contributed by atoms with Gasteiger partial charge in [-0.2, -0.15) is 0 Å². The van der Waals surface area contributed by atoms with Gasteiger partial charge in [-0.15, -0.1) is 0 Å². The summed E-state index contributed by atoms with van der Waals surface area (Å²) in [5.74, 6) is 0. The molecule has 1 heterocycles. The summed E-state index contributed by atoms with van der Waals surface area (Å²) in [4.78, 5) is 0. The molecule has 0 radical (unpaired) electrons. The van der Waals surface area contributed by atoms with Crippen molar-refractivity contribution in [2.75, 3.05) is 0 Å². The molecule has 2 atom stereocenters. The topological polar surface area (TPSA) is 41.5 Å². The second-order valence-electron chi connectivity index (χ2n) is 5.68. The molecule has 1 aliphatic rings. The third-order valence-corrected chi connectivity index (χ3v) is 2.43. The monoisotopic (exact) mass is 201 g/mol. The lowest BCUT2D eigenvalue weighted by atomic mass is 9.93. The Morgan fingerprint density at radius 2 is 2.07 bits per heavy atom. The molecule has 2 N–H and O–H groups in total. The van der Waals surface area contributed by atoms with Crippen LogP contribution in [0.2, 0.25) is 0 Å². The van der Waals surface area contributed by atoms with Crippen LogP contribution in [0, 0.1) is 0 Å². The molecule has 0 saturated carbocycles. The fourth-order valence-electron chi connectivity index (χ4n) is 2.13. The van der Waals surface area contributed by atoms with E-state index >= 15 is 0 Å². The van der Waals surface area contributed by atoms with Crippen LogP contribution >= 0.6 is 0 Å². The van der Waals surface area contributed by atoms with Crippen LogP contribution in [0.15, 0.2) is 0 Å². The average molecular weight is 201 g/mol. The summed E-state index contributed by atoms with van der Waals surface area (Å²) in [5, 5.41) is 13.1. The first-order chi connectivity index (χ1) is 6.18. The van der Waals surface area contributed by atoms with Crippen LogP contribution in [0.3, 0.4) is 0 Å². The van der Waals surface area contributed by atoms with Gasteiger partial charge in [0.15, 0.2) is 0 Å². The van der Waals surface area contributed by atoms with Crippen molar-refractivity contribution < 1.29 is 9.84 Å². The van der Waals surface area contributed by atoms with E-state index in [2.05, 4.69) is 26.1 Å². The third-order valence-electron chi connectivity index (χ3n) is 2.43. The zero-order valence-corrected chi connectivity index (χ0v) is 9.92. The van der Waals surface area contributed by atoms with Crippen LogP contribution in [0.1, 0.15) is 47.5 Å². The summed E-state index contributed by atoms with van der Waals surface area (Å²) in [6, 6.07) is 0. The van der Waals surface area contributed by atoms with Gasteiger partial charge in [0.05, 0.1) is 11.7 Å². The normalized spacial score (nSPS) is 33.0. The molecular weight excluding hydrogens is 178 g/mol. The minimum absolute atomic E-state index is 0.0336. The fourth-order valence-corrected chi connectivity index (χ4v) is 2.13. The Morgan fingerprint density at radius 1 is 1.50 bits per heavy atom. The highest BCUT2D eigenvalue weighted by Crippen LogP contribution is 2.25. The quantitative estimate of drug-likeness (QED) is 0.714. The van der Waals surface area contributed by atoms with E-state index in [1.807, 2.05) is 13.8 Å². The number of rotatable bonds is 2. The SMILES string of the molecule is CC1CC(C)(C)NC(CC(C)(C)O)O1. The Balaban J connectivity index is 2.54. The minimum Gasteiger partial charge on any atom is -0.390 e. The Morgan fingerprint density at radius 3 is 2.50 bits per heavy atom. The number of ether oxygens (including phenoxy) is 1. The second kappa shape index (κ2) is 3.80. The van der Waals surface area contributed by atoms with Crippen LogP contribution in [0.5, 0.6) is 0 Å². The highest BCUT2D eigenvalue weighted by Gasteiger charge is 2.34. The smallest absolute Gasteiger partial charge is 0.111 e. The molecule has 0 aromatic rings. The first-order valence-electron chi connectivity index (χ1n) is 5.33. The van der Waals surface area contributed by atoms with Crippen molar-refractivity contribution in [3.63, 3.8) is 0 Å². The summed E-state index contributed by atoms with van der Waals surface area (Å²) >= 11 is 0. The van der Waals surface area contributed by atoms with Crippen molar-refractivity contribution in [1.82, 2.24) is 5.32 Å². The van der Waals surface area contributed by atoms with Gasteiger partial charge in [0, 0.05) is 12.0 Å². The van der Waals surface area contributed by atoms with Crippen molar-refractivity contribution in [3.05, 3.63) is 0 Å². The van der Waals surface area contributed by atoms with Crippen molar-refractivity contribution in [2.45, 2.75) is 70.9 Å². The van der Waals surface area contributed by atoms with Gasteiger partial charge in [-0.1, -0.05) is 0 Å². The van der Waals surface area contributed by atoms with Crippen LogP contribution < -0.4 is 5.32 Å². The summed E-state index contributed by atoms with van der Waals surface area (Å²) in [6.45, 7) is 10.0. The van der Waals surface area contributed by atoms with Crippen molar-refractivity contribution in [2.24, 2.45) is 0 Å². The van der Waals surface area contributed by atoms with Crippen LogP contribution in [-0.4, -0.2) is 28.6 Å². The predicted octanol–water partition coefficient (Wildman–Crippen LogP) is 1.65. The number of hydrogen-bond acceptors (Lipinski definition) is 3. The molecule has 0 amide bonds. The first-order valence-corrected chi connectivity index (χ1v) is 5.33. The largest absolute Gasteiger partial charge is 0.390 e. The minimum atomic E-state index is -0.676. The molecule has 1 aliphatic heterocycles. The molecule has 0 bridgehead atoms. The van der Waals surface area contributed by atoms with Gasteiger partial charge in [0.1, 0.15) is 6.23 Å². The lowest BCUT2D eigenvalue weighted by Gasteiger charge is -2.42. The molecule has 14 heavy (non-hydrogen) atoms. The van der Waals surface area contributed by atoms with Crippen molar-refractivity contribution in [3.8, 4) is 0 Å². The van der Waals surface area contributed by atoms with E-state index in [0.29, 0.717) is 6.42 Å². The van der Waals surface area contributed by atoms with E-state index in [0.717, 1.165) is 6.42 Å². The average Bonchev–Trinajstić information content (AvgIpc) is 1.74. The Hall–Kier alpha value is -0.120. The molecule has 0 aliphatic carbocycles. The van der Waals surface area contributed by atoms with Gasteiger partial charge in [-0.05, 0) is 41.0 Å². The Labute approximate surface area is 86.8 Å². The zero-order valence-electron chi connectivity index (χ0n) is 9.92. The summed E-state index contributed by atoms with van der Waals surface area (Å²) in [6.07, 6.45) is 1.86. The molecule has 1 rings (SSSR count). The maximum Gasteiger partial charge on any atom is 0.111 e. The molecule has 0 aromatic heterocycles. The van der Waals surface area contributed by atoms with Crippen LogP contribution in [-0.2, 0) is 4.74 Å². The van der Waals surface area contributed by atoms with Crippen molar-refractivity contribution >= 4 is 0 Å². The van der Waals surface area contributed by atoms with E-state index in [1.54, 1.807) is 0 Å². The standard InChI is InChI=1S/C11H23NO2/c1-8-6-10(2,3)12-9(14-8)7-11(4,5)13/h8-9,12-13H,6-7H2,1-5H3. The van der Waals surface area contributed by atoms with Crippen LogP contribution in [0.25, 0.3) is 0 Å². The highest BCUT2D eigenvalue weighted by molar-refractivity contribution is 4.87. The van der Waals surface area contributed by atoms with Gasteiger partial charge >= 0.3 is 0 Å². The predicted molar refractivity (Wildman–Crippen MR) is 57.1 cm³/mol. The molecule has 3 heteroatoms. The van der Waals surface area contributed by atoms with Gasteiger partial charge in [-0.25, -0.2) is 0 Å². The number of hydrogen-bond donors (Lipinski definition) is 2. The maximum absolute atomic E-state index is 9.71. The molecule has 0 spiro atoms. The van der Waals surface area contributed by atoms with Crippen molar-refractivity contribution in [1.29, 1.82) is 0 Å². The Kier molecular flexibility index (Phi) is 3.24. The number of aliphatic hydroxyl groups is 1. The highest BCUT2D eigenvalue weighted by atomic mass is 16.5. The Bertz CT molecular complexity index is 194. The lowest BCUT2D eigenvalue weighted by Crippen LogP contribution is -2.56. The molecule has 1 fully saturated rings. The molecule has 0 aromatic carbocycles. The lowest BCUT2D eigenvalue weighted by molar-refractivity contribution is -0.115. The molecular formula is C11H23NO2. The summed E-state index contributed by atoms with van der Waals surface area (Å²) < 4.78 is 5.73. The van der Waals surface area contributed by atoms with E-state index in [-0.39, 0.29) is 17.9 Å². The van der Waals surface area contributed by atoms with E-state index in [1.165, 1.54) is 0 Å². The maximum atomic E-state index is 9.71. The summed E-state index contributed by atoms with van der Waals surface area (Å²) in [7, 11) is 0. The van der Waals surface area contributed by atoms with Crippen LogP contribution in [0.4, 0.5) is 0 Å². The first kappa shape index (κ1) is 12.0. The molecule has 3 nitrogen and oxygen atoms in total. The molecule has 1 saturated heterocycles. The van der Waals surface area contributed by atoms with E-state index in [9.17, 15) is 5.11 Å². The van der Waals surface area contributed by atoms with Gasteiger partial charge in [-0.3, -0.25) is 5.32 Å².